The summed E-state index contributed by atoms with van der Waals surface area (Å²) in [5.41, 5.74) is 0.954. The van der Waals surface area contributed by atoms with Gasteiger partial charge >= 0.3 is 0 Å². The number of nitrogens with one attached hydrogen (secondary N) is 1. The minimum Gasteiger partial charge on any atom is -0.345 e. The zero-order chi connectivity index (χ0) is 15.4. The van der Waals surface area contributed by atoms with E-state index >= 15 is 0 Å². The van der Waals surface area contributed by atoms with Crippen LogP contribution in [0.25, 0.3) is 0 Å². The van der Waals surface area contributed by atoms with E-state index < -0.39 is 0 Å². The van der Waals surface area contributed by atoms with Gasteiger partial charge in [0.2, 0.25) is 5.91 Å². The molecule has 5 nitrogen and oxygen atoms in total. The van der Waals surface area contributed by atoms with E-state index in [-0.39, 0.29) is 23.9 Å². The second-order valence-corrected chi connectivity index (χ2v) is 6.16. The number of aryl methyl sites for hydroxylation is 2. The highest BCUT2D eigenvalue weighted by atomic mass is 32.1. The Morgan fingerprint density at radius 2 is 2.05 bits per heavy atom. The van der Waals surface area contributed by atoms with Gasteiger partial charge < -0.3 is 9.88 Å². The molecular weight excluding hydrogens is 286 g/mol. The molecule has 0 aliphatic carbocycles. The van der Waals surface area contributed by atoms with Gasteiger partial charge in [-0.15, -0.1) is 11.3 Å². The summed E-state index contributed by atoms with van der Waals surface area (Å²) in [4.78, 5) is 28.8. The summed E-state index contributed by atoms with van der Waals surface area (Å²) in [6.07, 6.45) is 4.02. The molecule has 1 N–H and O–H groups in total. The third-order valence-electron chi connectivity index (χ3n) is 3.27. The van der Waals surface area contributed by atoms with Crippen LogP contribution in [0.2, 0.25) is 0 Å². The molecule has 0 saturated heterocycles. The summed E-state index contributed by atoms with van der Waals surface area (Å²) in [5.74, 6) is -0.0870. The quantitative estimate of drug-likeness (QED) is 0.921. The lowest BCUT2D eigenvalue weighted by Crippen LogP contribution is -2.31. The Bertz CT molecular complexity index is 650. The van der Waals surface area contributed by atoms with Crippen molar-refractivity contribution in [2.45, 2.75) is 39.8 Å². The van der Waals surface area contributed by atoms with Gasteiger partial charge in [0.15, 0.2) is 5.43 Å². The summed E-state index contributed by atoms with van der Waals surface area (Å²) < 4.78 is 1.68. The lowest BCUT2D eigenvalue weighted by Gasteiger charge is -2.15. The van der Waals surface area contributed by atoms with Crippen LogP contribution in [0.5, 0.6) is 0 Å². The van der Waals surface area contributed by atoms with E-state index in [0.29, 0.717) is 0 Å². The normalized spacial score (nSPS) is 12.1. The fourth-order valence-electron chi connectivity index (χ4n) is 1.94. The molecule has 2 heterocycles. The standard InChI is InChI=1S/C15H19N3O2S/c1-4-13(15-16-10(2)11(3)21-15)17-14(20)9-18-7-5-12(19)6-8-18/h5-8,13H,4,9H2,1-3H3,(H,17,20)/t13-/m1/s1. The largest absolute Gasteiger partial charge is 0.345 e. The van der Waals surface area contributed by atoms with Crippen molar-refractivity contribution in [2.75, 3.05) is 0 Å². The Morgan fingerprint density at radius 3 is 2.57 bits per heavy atom. The molecule has 112 valence electrons. The minimum absolute atomic E-state index is 0.0609. The summed E-state index contributed by atoms with van der Waals surface area (Å²) in [6.45, 7) is 6.23. The molecule has 0 bridgehead atoms. The van der Waals surface area contributed by atoms with Crippen LogP contribution in [0.1, 0.15) is 35.0 Å². The maximum atomic E-state index is 12.1. The number of rotatable bonds is 5. The molecule has 1 atom stereocenters. The van der Waals surface area contributed by atoms with Crippen molar-refractivity contribution in [1.82, 2.24) is 14.9 Å². The van der Waals surface area contributed by atoms with Gasteiger partial charge in [-0.1, -0.05) is 6.92 Å². The van der Waals surface area contributed by atoms with E-state index in [1.54, 1.807) is 28.3 Å². The molecular formula is C15H19N3O2S. The number of carbonyl (C=O) groups is 1. The molecule has 0 spiro atoms. The fraction of sp³-hybridized carbons (Fsp3) is 0.400. The number of carbonyl (C=O) groups excluding carboxylic acids is 1. The van der Waals surface area contributed by atoms with Crippen molar-refractivity contribution in [3.63, 3.8) is 0 Å². The molecule has 0 aliphatic rings. The molecule has 0 saturated carbocycles. The van der Waals surface area contributed by atoms with E-state index in [9.17, 15) is 9.59 Å². The lowest BCUT2D eigenvalue weighted by atomic mass is 10.2. The van der Waals surface area contributed by atoms with E-state index in [1.165, 1.54) is 17.0 Å². The molecule has 1 amide bonds. The number of amides is 1. The predicted molar refractivity (Wildman–Crippen MR) is 83.5 cm³/mol. The van der Waals surface area contributed by atoms with Crippen molar-refractivity contribution in [3.8, 4) is 0 Å². The Hall–Kier alpha value is -1.95. The molecule has 21 heavy (non-hydrogen) atoms. The van der Waals surface area contributed by atoms with Gasteiger partial charge in [-0.05, 0) is 20.3 Å². The molecule has 6 heteroatoms. The van der Waals surface area contributed by atoms with Crippen LogP contribution in [-0.4, -0.2) is 15.5 Å². The molecule has 2 aromatic rings. The fourth-order valence-corrected chi connectivity index (χ4v) is 3.00. The maximum absolute atomic E-state index is 12.1. The molecule has 0 fully saturated rings. The summed E-state index contributed by atoms with van der Waals surface area (Å²) >= 11 is 1.62. The number of hydrogen-bond donors (Lipinski definition) is 1. The number of pyridine rings is 1. The molecule has 0 unspecified atom stereocenters. The van der Waals surface area contributed by atoms with E-state index in [4.69, 9.17) is 0 Å². The van der Waals surface area contributed by atoms with E-state index in [2.05, 4.69) is 10.3 Å². The van der Waals surface area contributed by atoms with Crippen LogP contribution in [-0.2, 0) is 11.3 Å². The van der Waals surface area contributed by atoms with Gasteiger partial charge in [0.05, 0.1) is 11.7 Å². The first-order valence-corrected chi connectivity index (χ1v) is 7.70. The highest BCUT2D eigenvalue weighted by Crippen LogP contribution is 2.24. The lowest BCUT2D eigenvalue weighted by molar-refractivity contribution is -0.122. The van der Waals surface area contributed by atoms with Gasteiger partial charge in [0, 0.05) is 29.4 Å². The van der Waals surface area contributed by atoms with Crippen LogP contribution in [0.4, 0.5) is 0 Å². The molecule has 0 aromatic carbocycles. The van der Waals surface area contributed by atoms with Crippen LogP contribution in [0.15, 0.2) is 29.3 Å². The smallest absolute Gasteiger partial charge is 0.240 e. The average Bonchev–Trinajstić information content (AvgIpc) is 2.78. The second-order valence-electron chi connectivity index (χ2n) is 4.93. The maximum Gasteiger partial charge on any atom is 0.240 e. The van der Waals surface area contributed by atoms with Crippen molar-refractivity contribution in [1.29, 1.82) is 0 Å². The van der Waals surface area contributed by atoms with Gasteiger partial charge in [0.1, 0.15) is 11.6 Å². The summed E-state index contributed by atoms with van der Waals surface area (Å²) in [7, 11) is 0. The van der Waals surface area contributed by atoms with Gasteiger partial charge in [-0.25, -0.2) is 4.98 Å². The van der Waals surface area contributed by atoms with Crippen molar-refractivity contribution < 1.29 is 4.79 Å². The second kappa shape index (κ2) is 6.67. The minimum atomic E-state index is -0.0870. The first-order valence-electron chi connectivity index (χ1n) is 6.89. The third kappa shape index (κ3) is 4.01. The highest BCUT2D eigenvalue weighted by Gasteiger charge is 2.17. The number of hydrogen-bond acceptors (Lipinski definition) is 4. The van der Waals surface area contributed by atoms with Crippen LogP contribution < -0.4 is 10.7 Å². The first-order chi connectivity index (χ1) is 9.99. The van der Waals surface area contributed by atoms with E-state index in [1.807, 2.05) is 20.8 Å². The monoisotopic (exact) mass is 305 g/mol. The zero-order valence-corrected chi connectivity index (χ0v) is 13.2. The third-order valence-corrected chi connectivity index (χ3v) is 4.46. The van der Waals surface area contributed by atoms with Crippen molar-refractivity contribution in [3.05, 3.63) is 50.3 Å². The Labute approximate surface area is 127 Å². The van der Waals surface area contributed by atoms with Crippen LogP contribution in [0.3, 0.4) is 0 Å². The Morgan fingerprint density at radius 1 is 1.38 bits per heavy atom. The zero-order valence-electron chi connectivity index (χ0n) is 12.4. The van der Waals surface area contributed by atoms with E-state index in [0.717, 1.165) is 17.1 Å². The van der Waals surface area contributed by atoms with Gasteiger partial charge in [-0.2, -0.15) is 0 Å². The van der Waals surface area contributed by atoms with Crippen LogP contribution >= 0.6 is 11.3 Å². The molecule has 2 rings (SSSR count). The number of thiazole rings is 1. The van der Waals surface area contributed by atoms with Gasteiger partial charge in [0.25, 0.3) is 0 Å². The van der Waals surface area contributed by atoms with Crippen LogP contribution in [0, 0.1) is 13.8 Å². The molecule has 2 aromatic heterocycles. The Kier molecular flexibility index (Phi) is 4.90. The van der Waals surface area contributed by atoms with Crippen molar-refractivity contribution in [2.24, 2.45) is 0 Å². The summed E-state index contributed by atoms with van der Waals surface area (Å²) in [5, 5.41) is 3.94. The highest BCUT2D eigenvalue weighted by molar-refractivity contribution is 7.11. The first kappa shape index (κ1) is 15.4. The number of nitrogens with zero attached hydrogens (tertiary/aromatic N) is 2. The topological polar surface area (TPSA) is 64.0 Å². The predicted octanol–water partition coefficient (Wildman–Crippen LogP) is 2.19. The van der Waals surface area contributed by atoms with Crippen molar-refractivity contribution >= 4 is 17.2 Å². The SMILES string of the molecule is CC[C@@H](NC(=O)Cn1ccc(=O)cc1)c1nc(C)c(C)s1. The number of aromatic nitrogens is 2. The molecule has 0 radical (unpaired) electrons. The average molecular weight is 305 g/mol. The Balaban J connectivity index is 2.02. The molecule has 0 aliphatic heterocycles. The summed E-state index contributed by atoms with van der Waals surface area (Å²) in [6, 6.07) is 2.82. The van der Waals surface area contributed by atoms with Gasteiger partial charge in [-0.3, -0.25) is 9.59 Å².